The number of carboxylic acids is 1. The topological polar surface area (TPSA) is 87.6 Å². The van der Waals surface area contributed by atoms with Gasteiger partial charge in [-0.1, -0.05) is 12.1 Å². The Hall–Kier alpha value is -2.69. The van der Waals surface area contributed by atoms with Gasteiger partial charge in [-0.2, -0.15) is 0 Å². The molecule has 2 atom stereocenters. The van der Waals surface area contributed by atoms with E-state index in [0.29, 0.717) is 25.0 Å². The smallest absolute Gasteiger partial charge is 0.325 e. The van der Waals surface area contributed by atoms with Crippen LogP contribution in [0.25, 0.3) is 0 Å². The Kier molecular flexibility index (Phi) is 6.81. The molecule has 3 fully saturated rings. The van der Waals surface area contributed by atoms with Gasteiger partial charge in [0.1, 0.15) is 11.9 Å². The Bertz CT molecular complexity index is 1100. The third kappa shape index (κ3) is 5.35. The van der Waals surface area contributed by atoms with Crippen LogP contribution in [-0.4, -0.2) is 58.3 Å². The van der Waals surface area contributed by atoms with Crippen LogP contribution in [0, 0.1) is 12.1 Å². The number of pyridine rings is 1. The number of aryl methyl sites for hydroxylation is 1. The zero-order valence-electron chi connectivity index (χ0n) is 21.0. The molecule has 7 nitrogen and oxygen atoms in total. The van der Waals surface area contributed by atoms with Gasteiger partial charge in [-0.25, -0.2) is 4.98 Å². The van der Waals surface area contributed by atoms with E-state index < -0.39 is 12.0 Å². The van der Waals surface area contributed by atoms with Crippen LogP contribution in [0.4, 0.5) is 5.82 Å². The van der Waals surface area contributed by atoms with Crippen LogP contribution in [0.1, 0.15) is 97.5 Å². The maximum Gasteiger partial charge on any atom is 0.325 e. The number of hydrogen-bond acceptors (Lipinski definition) is 6. The second kappa shape index (κ2) is 10.4. The average Bonchev–Trinajstić information content (AvgIpc) is 3.82. The molecular weight excluding hydrogens is 452 g/mol. The van der Waals surface area contributed by atoms with Crippen molar-refractivity contribution in [2.24, 2.45) is 0 Å². The number of unbranched alkanes of at least 4 members (excludes halogenated alkanes) is 1. The van der Waals surface area contributed by atoms with Crippen molar-refractivity contribution in [3.63, 3.8) is 0 Å². The lowest BCUT2D eigenvalue weighted by Gasteiger charge is -2.26. The Balaban J connectivity index is 1.00. The first-order valence-electron chi connectivity index (χ1n) is 13.8. The molecule has 2 saturated carbocycles. The monoisotopic (exact) mass is 488 g/mol. The van der Waals surface area contributed by atoms with Crippen molar-refractivity contribution in [2.45, 2.75) is 88.2 Å². The molecule has 0 spiro atoms. The van der Waals surface area contributed by atoms with Gasteiger partial charge in [0.25, 0.3) is 0 Å². The molecule has 2 aromatic heterocycles. The van der Waals surface area contributed by atoms with E-state index in [9.17, 15) is 9.90 Å². The first-order chi connectivity index (χ1) is 17.7. The zero-order valence-corrected chi connectivity index (χ0v) is 21.0. The number of nitrogens with one attached hydrogen (secondary N) is 1. The second-order valence-electron chi connectivity index (χ2n) is 10.9. The Morgan fingerprint density at radius 2 is 2.00 bits per heavy atom. The predicted molar refractivity (Wildman–Crippen MR) is 136 cm³/mol. The first-order valence-corrected chi connectivity index (χ1v) is 13.8. The number of anilines is 1. The maximum atomic E-state index is 12.4. The Morgan fingerprint density at radius 3 is 2.81 bits per heavy atom. The van der Waals surface area contributed by atoms with E-state index in [1.165, 1.54) is 12.8 Å². The highest BCUT2D eigenvalue weighted by Gasteiger charge is 2.39. The summed E-state index contributed by atoms with van der Waals surface area (Å²) in [7, 11) is 0. The van der Waals surface area contributed by atoms with Crippen LogP contribution >= 0.6 is 0 Å². The number of aliphatic carboxylic acids is 1. The summed E-state index contributed by atoms with van der Waals surface area (Å²) in [6.45, 7) is 3.07. The molecule has 0 unspecified atom stereocenters. The van der Waals surface area contributed by atoms with Crippen molar-refractivity contribution in [1.29, 1.82) is 0 Å². The van der Waals surface area contributed by atoms with E-state index in [2.05, 4.69) is 34.5 Å². The summed E-state index contributed by atoms with van der Waals surface area (Å²) in [4.78, 5) is 24.2. The summed E-state index contributed by atoms with van der Waals surface area (Å²) in [6.07, 6.45) is 10.6. The molecule has 2 N–H and O–H groups in total. The minimum Gasteiger partial charge on any atom is -0.480 e. The highest BCUT2D eigenvalue weighted by molar-refractivity contribution is 5.76. The van der Waals surface area contributed by atoms with Gasteiger partial charge in [0.05, 0.1) is 11.8 Å². The number of nitrogens with zero attached hydrogens (tertiary/aromatic N) is 3. The van der Waals surface area contributed by atoms with Crippen molar-refractivity contribution in [2.75, 3.05) is 31.6 Å². The van der Waals surface area contributed by atoms with Crippen molar-refractivity contribution in [3.05, 3.63) is 52.5 Å². The van der Waals surface area contributed by atoms with Crippen molar-refractivity contribution < 1.29 is 14.6 Å². The van der Waals surface area contributed by atoms with E-state index in [0.717, 1.165) is 98.5 Å². The van der Waals surface area contributed by atoms with Gasteiger partial charge in [0.2, 0.25) is 0 Å². The van der Waals surface area contributed by atoms with E-state index in [1.54, 1.807) is 0 Å². The Labute approximate surface area is 213 Å². The standard InChI is InChI=1S/C29H36N4O3/c34-29(35)27(24-12-13-25(19-6-7-19)32-26(24)20-8-9-20)33-16-14-23(18-33)36-17-2-1-5-22-11-10-21-4-3-15-30-28(21)31-22/h12-13,19-20,23,27H,1-9,14-18H2,(H,30,31)(H,34,35)/t23-,27+/m1/s1. The molecule has 4 aliphatic rings. The largest absolute Gasteiger partial charge is 0.480 e. The highest BCUT2D eigenvalue weighted by atomic mass is 16.5. The summed E-state index contributed by atoms with van der Waals surface area (Å²) in [5.41, 5.74) is 5.21. The number of aromatic nitrogens is 2. The summed E-state index contributed by atoms with van der Waals surface area (Å²) < 4.78 is 6.18. The normalized spacial score (nSPS) is 22.5. The summed E-state index contributed by atoms with van der Waals surface area (Å²) in [5.74, 6) is 1.22. The van der Waals surface area contributed by atoms with E-state index in [-0.39, 0.29) is 6.10 Å². The van der Waals surface area contributed by atoms with E-state index in [1.807, 2.05) is 0 Å². The van der Waals surface area contributed by atoms with Crippen LogP contribution in [0.2, 0.25) is 0 Å². The van der Waals surface area contributed by atoms with Crippen LogP contribution in [0.15, 0.2) is 12.1 Å². The lowest BCUT2D eigenvalue weighted by Crippen LogP contribution is -2.34. The molecule has 36 heavy (non-hydrogen) atoms. The number of rotatable bonds is 11. The van der Waals surface area contributed by atoms with Gasteiger partial charge in [-0.3, -0.25) is 14.7 Å². The highest BCUT2D eigenvalue weighted by Crippen LogP contribution is 2.46. The summed E-state index contributed by atoms with van der Waals surface area (Å²) >= 11 is 0. The molecular formula is C29H36N4O3. The predicted octanol–water partition coefficient (Wildman–Crippen LogP) is 4.43. The van der Waals surface area contributed by atoms with Crippen molar-refractivity contribution in [3.8, 4) is 0 Å². The molecule has 6 rings (SSSR count). The van der Waals surface area contributed by atoms with Crippen LogP contribution in [0.3, 0.4) is 0 Å². The SMILES string of the molecule is O=C(O)[C@H](c1ccc(C2CC2)nc1C1CC1)N1CC[C@@H](OCCCCc2c#cc3c(n2)NCCC3)C1. The fourth-order valence-electron chi connectivity index (χ4n) is 5.63. The molecule has 190 valence electrons. The number of carbonyl (C=O) groups is 1. The molecule has 2 aliphatic heterocycles. The van der Waals surface area contributed by atoms with Gasteiger partial charge in [0.15, 0.2) is 0 Å². The third-order valence-electron chi connectivity index (χ3n) is 7.96. The molecule has 7 heteroatoms. The lowest BCUT2D eigenvalue weighted by molar-refractivity contribution is -0.143. The van der Waals surface area contributed by atoms with Gasteiger partial charge in [0, 0.05) is 60.6 Å². The van der Waals surface area contributed by atoms with E-state index in [4.69, 9.17) is 14.7 Å². The maximum absolute atomic E-state index is 12.4. The fourth-order valence-corrected chi connectivity index (χ4v) is 5.63. The van der Waals surface area contributed by atoms with Crippen LogP contribution < -0.4 is 5.32 Å². The number of ether oxygens (including phenoxy) is 1. The molecule has 0 bridgehead atoms. The van der Waals surface area contributed by atoms with E-state index >= 15 is 0 Å². The zero-order chi connectivity index (χ0) is 24.5. The molecule has 0 aromatic carbocycles. The van der Waals surface area contributed by atoms with Crippen molar-refractivity contribution >= 4 is 11.8 Å². The molecule has 2 aromatic rings. The number of likely N-dealkylation sites (tertiary alicyclic amines) is 1. The summed E-state index contributed by atoms with van der Waals surface area (Å²) in [6, 6.07) is 9.98. The molecule has 2 aliphatic carbocycles. The number of hydrogen-bond donors (Lipinski definition) is 2. The molecule has 4 heterocycles. The first kappa shape index (κ1) is 23.7. The van der Waals surface area contributed by atoms with Crippen LogP contribution in [-0.2, 0) is 22.4 Å². The molecule has 0 amide bonds. The van der Waals surface area contributed by atoms with Gasteiger partial charge >= 0.3 is 5.97 Å². The van der Waals surface area contributed by atoms with Gasteiger partial charge in [-0.15, -0.1) is 0 Å². The minimum atomic E-state index is -0.779. The van der Waals surface area contributed by atoms with Gasteiger partial charge < -0.3 is 15.2 Å². The second-order valence-corrected chi connectivity index (χ2v) is 10.9. The van der Waals surface area contributed by atoms with Crippen LogP contribution in [0.5, 0.6) is 0 Å². The third-order valence-corrected chi connectivity index (χ3v) is 7.96. The fraction of sp³-hybridized carbons (Fsp3) is 0.621. The minimum absolute atomic E-state index is 0.0842. The number of carboxylic acid groups (broad SMARTS) is 1. The molecule has 1 saturated heterocycles. The summed E-state index contributed by atoms with van der Waals surface area (Å²) in [5, 5.41) is 13.6. The Morgan fingerprint density at radius 1 is 1.14 bits per heavy atom. The molecule has 0 radical (unpaired) electrons. The number of fused-ring (bicyclic) bond motifs is 1. The average molecular weight is 489 g/mol. The van der Waals surface area contributed by atoms with Crippen molar-refractivity contribution in [1.82, 2.24) is 14.9 Å². The van der Waals surface area contributed by atoms with Gasteiger partial charge in [-0.05, 0) is 76.3 Å². The lowest BCUT2D eigenvalue weighted by atomic mass is 9.99. The quantitative estimate of drug-likeness (QED) is 0.453.